The van der Waals surface area contributed by atoms with Crippen molar-refractivity contribution in [3.05, 3.63) is 119 Å². The van der Waals surface area contributed by atoms with E-state index in [9.17, 15) is 9.18 Å². The van der Waals surface area contributed by atoms with Gasteiger partial charge in [0.2, 0.25) is 11.8 Å². The SMILES string of the molecule is COc1cc2ncnc(Nc3ccc(F)c(Cl)c3)c2cc1OCCCCCCNC(=O)CCN(C)Cc1ccc(-c2cccc(-c3ccccc3)c2C)nc1OC. The second-order valence-electron chi connectivity index (χ2n) is 13.8. The Kier molecular flexibility index (Phi) is 14.3. The Bertz CT molecular complexity index is 2290. The number of halogens is 2. The van der Waals surface area contributed by atoms with Crippen LogP contribution in [0.4, 0.5) is 15.9 Å². The van der Waals surface area contributed by atoms with Gasteiger partial charge >= 0.3 is 0 Å². The van der Waals surface area contributed by atoms with E-state index in [0.29, 0.717) is 67.1 Å². The number of nitrogens with one attached hydrogen (secondary N) is 2. The van der Waals surface area contributed by atoms with Crippen LogP contribution in [-0.2, 0) is 11.3 Å². The number of carbonyl (C=O) groups excluding carboxylic acids is 1. The van der Waals surface area contributed by atoms with Gasteiger partial charge in [0.15, 0.2) is 11.5 Å². The summed E-state index contributed by atoms with van der Waals surface area (Å²) in [5.74, 6) is 1.79. The Balaban J connectivity index is 0.906. The third kappa shape index (κ3) is 10.8. The molecule has 6 aromatic rings. The van der Waals surface area contributed by atoms with Crippen LogP contribution < -0.4 is 24.8 Å². The van der Waals surface area contributed by atoms with Gasteiger partial charge in [-0.15, -0.1) is 0 Å². The van der Waals surface area contributed by atoms with E-state index in [1.165, 1.54) is 35.2 Å². The smallest absolute Gasteiger partial charge is 0.221 e. The molecule has 10 nitrogen and oxygen atoms in total. The maximum Gasteiger partial charge on any atom is 0.221 e. The molecule has 0 spiro atoms. The fraction of sp³-hybridized carbons (Fsp3) is 0.289. The minimum atomic E-state index is -0.495. The lowest BCUT2D eigenvalue weighted by atomic mass is 9.94. The number of benzene rings is 4. The van der Waals surface area contributed by atoms with E-state index in [1.54, 1.807) is 26.4 Å². The van der Waals surface area contributed by atoms with E-state index in [4.69, 9.17) is 30.8 Å². The number of amides is 1. The van der Waals surface area contributed by atoms with Crippen LogP contribution in [0.2, 0.25) is 5.02 Å². The van der Waals surface area contributed by atoms with Crippen LogP contribution in [-0.4, -0.2) is 66.7 Å². The Morgan fingerprint density at radius 1 is 0.860 bits per heavy atom. The summed E-state index contributed by atoms with van der Waals surface area (Å²) in [6.45, 7) is 4.46. The quantitative estimate of drug-likeness (QED) is 0.0775. The van der Waals surface area contributed by atoms with Crippen LogP contribution in [0.25, 0.3) is 33.3 Å². The molecule has 296 valence electrons. The van der Waals surface area contributed by atoms with E-state index in [1.807, 2.05) is 37.4 Å². The number of ether oxygens (including phenoxy) is 3. The van der Waals surface area contributed by atoms with E-state index in [2.05, 4.69) is 68.8 Å². The summed E-state index contributed by atoms with van der Waals surface area (Å²) in [4.78, 5) is 28.4. The van der Waals surface area contributed by atoms with Gasteiger partial charge in [-0.2, -0.15) is 0 Å². The van der Waals surface area contributed by atoms with Crippen molar-refractivity contribution in [1.82, 2.24) is 25.2 Å². The Hall–Kier alpha value is -5.78. The maximum absolute atomic E-state index is 13.7. The second-order valence-corrected chi connectivity index (χ2v) is 14.2. The highest BCUT2D eigenvalue weighted by atomic mass is 35.5. The predicted molar refractivity (Wildman–Crippen MR) is 225 cm³/mol. The number of methoxy groups -OCH3 is 2. The van der Waals surface area contributed by atoms with Crippen LogP contribution in [0.5, 0.6) is 17.4 Å². The van der Waals surface area contributed by atoms with Gasteiger partial charge in [0.25, 0.3) is 0 Å². The Morgan fingerprint density at radius 2 is 1.67 bits per heavy atom. The summed E-state index contributed by atoms with van der Waals surface area (Å²) in [5, 5.41) is 6.98. The van der Waals surface area contributed by atoms with Crippen molar-refractivity contribution in [2.45, 2.75) is 45.6 Å². The highest BCUT2D eigenvalue weighted by Crippen LogP contribution is 2.36. The number of hydrogen-bond acceptors (Lipinski definition) is 9. The minimum absolute atomic E-state index is 0.0143. The zero-order valence-corrected chi connectivity index (χ0v) is 33.5. The number of hydrogen-bond donors (Lipinski definition) is 2. The van der Waals surface area contributed by atoms with Crippen molar-refractivity contribution in [3.63, 3.8) is 0 Å². The summed E-state index contributed by atoms with van der Waals surface area (Å²) in [6.07, 6.45) is 5.47. The van der Waals surface area contributed by atoms with E-state index in [0.717, 1.165) is 47.9 Å². The van der Waals surface area contributed by atoms with Crippen molar-refractivity contribution >= 4 is 39.9 Å². The normalized spacial score (nSPS) is 11.1. The molecule has 2 N–H and O–H groups in total. The van der Waals surface area contributed by atoms with Crippen molar-refractivity contribution < 1.29 is 23.4 Å². The van der Waals surface area contributed by atoms with Crippen molar-refractivity contribution in [3.8, 4) is 39.8 Å². The number of nitrogens with zero attached hydrogens (tertiary/aromatic N) is 4. The van der Waals surface area contributed by atoms with Gasteiger partial charge in [0.1, 0.15) is 18.0 Å². The van der Waals surface area contributed by atoms with Crippen molar-refractivity contribution in [2.24, 2.45) is 0 Å². The summed E-state index contributed by atoms with van der Waals surface area (Å²) >= 11 is 5.97. The van der Waals surface area contributed by atoms with E-state index >= 15 is 0 Å². The molecule has 0 aliphatic carbocycles. The molecule has 0 aliphatic heterocycles. The third-order valence-electron chi connectivity index (χ3n) is 9.74. The summed E-state index contributed by atoms with van der Waals surface area (Å²) in [5.41, 5.74) is 7.67. The van der Waals surface area contributed by atoms with Gasteiger partial charge in [-0.1, -0.05) is 79.0 Å². The molecule has 12 heteroatoms. The highest BCUT2D eigenvalue weighted by Gasteiger charge is 2.16. The lowest BCUT2D eigenvalue weighted by Gasteiger charge is -2.19. The van der Waals surface area contributed by atoms with Crippen molar-refractivity contribution in [1.29, 1.82) is 0 Å². The zero-order chi connectivity index (χ0) is 40.1. The number of aromatic nitrogens is 3. The summed E-state index contributed by atoms with van der Waals surface area (Å²) in [7, 11) is 5.23. The molecule has 0 atom stereocenters. The number of unbranched alkanes of at least 4 members (excludes halogenated alkanes) is 3. The van der Waals surface area contributed by atoms with Crippen LogP contribution >= 0.6 is 11.6 Å². The molecule has 57 heavy (non-hydrogen) atoms. The first-order valence-corrected chi connectivity index (χ1v) is 19.4. The van der Waals surface area contributed by atoms with Gasteiger partial charge in [-0.3, -0.25) is 4.79 Å². The lowest BCUT2D eigenvalue weighted by molar-refractivity contribution is -0.121. The van der Waals surface area contributed by atoms with E-state index in [-0.39, 0.29) is 10.9 Å². The molecule has 2 heterocycles. The largest absolute Gasteiger partial charge is 0.493 e. The fourth-order valence-corrected chi connectivity index (χ4v) is 6.83. The predicted octanol–water partition coefficient (Wildman–Crippen LogP) is 9.80. The Morgan fingerprint density at radius 3 is 2.46 bits per heavy atom. The average Bonchev–Trinajstić information content (AvgIpc) is 3.22. The van der Waals surface area contributed by atoms with Gasteiger partial charge in [0, 0.05) is 54.3 Å². The minimum Gasteiger partial charge on any atom is -0.493 e. The topological polar surface area (TPSA) is 111 Å². The fourth-order valence-electron chi connectivity index (χ4n) is 6.65. The molecule has 0 fully saturated rings. The van der Waals surface area contributed by atoms with Gasteiger partial charge in [-0.05, 0) is 73.8 Å². The van der Waals surface area contributed by atoms with E-state index < -0.39 is 5.82 Å². The molecule has 0 radical (unpaired) electrons. The third-order valence-corrected chi connectivity index (χ3v) is 10.0. The summed E-state index contributed by atoms with van der Waals surface area (Å²) < 4.78 is 31.1. The first kappa shape index (κ1) is 40.9. The van der Waals surface area contributed by atoms with Crippen LogP contribution in [0.1, 0.15) is 43.2 Å². The number of carbonyl (C=O) groups is 1. The molecule has 1 amide bonds. The zero-order valence-electron chi connectivity index (χ0n) is 32.8. The molecule has 6 rings (SSSR count). The summed E-state index contributed by atoms with van der Waals surface area (Å²) in [6, 6.07) is 28.8. The molecule has 4 aromatic carbocycles. The van der Waals surface area contributed by atoms with Gasteiger partial charge in [-0.25, -0.2) is 19.3 Å². The molecule has 0 bridgehead atoms. The van der Waals surface area contributed by atoms with Crippen molar-refractivity contribution in [2.75, 3.05) is 46.3 Å². The Labute approximate surface area is 338 Å². The number of pyridine rings is 1. The average molecular weight is 791 g/mol. The number of anilines is 2. The standard InChI is InChI=1S/C45H48ClFN6O4/c1-30-34(31-13-8-7-9-14-31)15-12-16-35(30)39-20-17-32(45(52-39)56-4)28-53(2)23-21-43(54)48-22-10-5-6-11-24-57-42-26-36-40(27-41(42)55-3)49-29-50-44(36)51-33-18-19-38(47)37(46)25-33/h7-9,12-20,25-27,29H,5-6,10-11,21-24,28H2,1-4H3,(H,48,54)(H,49,50,51). The second kappa shape index (κ2) is 19.9. The van der Waals surface area contributed by atoms with Crippen LogP contribution in [0, 0.1) is 12.7 Å². The first-order chi connectivity index (χ1) is 27.7. The first-order valence-electron chi connectivity index (χ1n) is 19.1. The lowest BCUT2D eigenvalue weighted by Crippen LogP contribution is -2.29. The molecule has 0 aliphatic rings. The monoisotopic (exact) mass is 790 g/mol. The number of fused-ring (bicyclic) bond motifs is 1. The van der Waals surface area contributed by atoms with Crippen LogP contribution in [0.3, 0.4) is 0 Å². The van der Waals surface area contributed by atoms with Gasteiger partial charge in [0.05, 0.1) is 37.1 Å². The molecular formula is C45H48ClFN6O4. The molecule has 0 saturated heterocycles. The highest BCUT2D eigenvalue weighted by molar-refractivity contribution is 6.31. The molecule has 2 aromatic heterocycles. The molecule has 0 saturated carbocycles. The molecule has 0 unspecified atom stereocenters. The van der Waals surface area contributed by atoms with Crippen LogP contribution in [0.15, 0.2) is 97.3 Å². The number of rotatable bonds is 19. The van der Waals surface area contributed by atoms with Gasteiger partial charge < -0.3 is 29.7 Å². The molecular weight excluding hydrogens is 743 g/mol. The maximum atomic E-state index is 13.7.